The van der Waals surface area contributed by atoms with Crippen LogP contribution in [-0.2, 0) is 9.47 Å². The Morgan fingerprint density at radius 2 is 2.08 bits per heavy atom. The second kappa shape index (κ2) is 3.64. The lowest BCUT2D eigenvalue weighted by Gasteiger charge is -2.31. The van der Waals surface area contributed by atoms with Crippen LogP contribution >= 0.6 is 15.9 Å². The molecule has 0 aromatic carbocycles. The monoisotopic (exact) mass is 234 g/mol. The Balaban J connectivity index is 1.94. The van der Waals surface area contributed by atoms with E-state index in [-0.39, 0.29) is 0 Å². The van der Waals surface area contributed by atoms with Gasteiger partial charge in [0.25, 0.3) is 0 Å². The van der Waals surface area contributed by atoms with Gasteiger partial charge in [0, 0.05) is 24.0 Å². The molecule has 1 unspecified atom stereocenters. The van der Waals surface area contributed by atoms with Crippen LogP contribution in [0.1, 0.15) is 19.3 Å². The van der Waals surface area contributed by atoms with Gasteiger partial charge < -0.3 is 9.47 Å². The van der Waals surface area contributed by atoms with Gasteiger partial charge in [-0.15, -0.1) is 0 Å². The fourth-order valence-corrected chi connectivity index (χ4v) is 2.56. The summed E-state index contributed by atoms with van der Waals surface area (Å²) in [6.45, 7) is 2.81. The molecule has 3 heteroatoms. The highest BCUT2D eigenvalue weighted by atomic mass is 79.9. The molecule has 0 bridgehead atoms. The van der Waals surface area contributed by atoms with Crippen molar-refractivity contribution in [2.45, 2.75) is 25.4 Å². The lowest BCUT2D eigenvalue weighted by atomic mass is 9.79. The maximum absolute atomic E-state index is 5.69. The number of hydrogen-bond acceptors (Lipinski definition) is 2. The van der Waals surface area contributed by atoms with E-state index in [1.165, 1.54) is 19.3 Å². The second-order valence-electron chi connectivity index (χ2n) is 3.90. The fourth-order valence-electron chi connectivity index (χ4n) is 2.15. The van der Waals surface area contributed by atoms with Crippen molar-refractivity contribution in [3.8, 4) is 0 Å². The smallest absolute Gasteiger partial charge is 0.0678 e. The van der Waals surface area contributed by atoms with Gasteiger partial charge in [-0.05, 0) is 19.3 Å². The van der Waals surface area contributed by atoms with E-state index >= 15 is 0 Å². The van der Waals surface area contributed by atoms with Crippen molar-refractivity contribution in [3.63, 3.8) is 0 Å². The van der Waals surface area contributed by atoms with Crippen LogP contribution in [0.2, 0.25) is 0 Å². The molecule has 0 aromatic rings. The maximum atomic E-state index is 5.69. The minimum Gasteiger partial charge on any atom is -0.381 e. The molecule has 2 aliphatic heterocycles. The first-order chi connectivity index (χ1) is 5.85. The predicted octanol–water partition coefficient (Wildman–Crippen LogP) is 1.97. The summed E-state index contributed by atoms with van der Waals surface area (Å²) in [5.74, 6) is 0. The van der Waals surface area contributed by atoms with Crippen molar-refractivity contribution in [1.82, 2.24) is 0 Å². The summed E-state index contributed by atoms with van der Waals surface area (Å²) in [7, 11) is 0. The van der Waals surface area contributed by atoms with Crippen LogP contribution in [0.25, 0.3) is 0 Å². The zero-order chi connectivity index (χ0) is 8.44. The Kier molecular flexibility index (Phi) is 2.72. The third-order valence-electron chi connectivity index (χ3n) is 3.01. The molecule has 0 amide bonds. The van der Waals surface area contributed by atoms with Gasteiger partial charge in [-0.1, -0.05) is 15.9 Å². The number of halogens is 1. The summed E-state index contributed by atoms with van der Waals surface area (Å²) < 4.78 is 11.1. The van der Waals surface area contributed by atoms with E-state index in [1.54, 1.807) is 0 Å². The highest BCUT2D eigenvalue weighted by Gasteiger charge is 2.40. The minimum absolute atomic E-state index is 0.447. The molecule has 2 saturated heterocycles. The van der Waals surface area contributed by atoms with Crippen LogP contribution < -0.4 is 0 Å². The fraction of sp³-hybridized carbons (Fsp3) is 1.00. The molecular formula is C9H15BrO2. The van der Waals surface area contributed by atoms with Crippen molar-refractivity contribution in [1.29, 1.82) is 0 Å². The molecule has 0 saturated carbocycles. The number of rotatable bonds is 1. The summed E-state index contributed by atoms with van der Waals surface area (Å²) in [5, 5.41) is 0.982. The minimum atomic E-state index is 0.447. The molecule has 0 N–H and O–H groups in total. The van der Waals surface area contributed by atoms with Crippen molar-refractivity contribution in [3.05, 3.63) is 0 Å². The molecule has 2 fully saturated rings. The van der Waals surface area contributed by atoms with E-state index in [0.717, 1.165) is 25.2 Å². The Labute approximate surface area is 81.7 Å². The second-order valence-corrected chi connectivity index (χ2v) is 4.55. The Hall–Kier alpha value is 0.400. The molecule has 1 atom stereocenters. The van der Waals surface area contributed by atoms with E-state index in [2.05, 4.69) is 15.9 Å². The molecule has 2 aliphatic rings. The Bertz CT molecular complexity index is 155. The SMILES string of the molecule is BrCC1CC2(CCOCC2)CO1. The van der Waals surface area contributed by atoms with E-state index in [9.17, 15) is 0 Å². The van der Waals surface area contributed by atoms with Gasteiger partial charge in [-0.25, -0.2) is 0 Å². The zero-order valence-corrected chi connectivity index (χ0v) is 8.81. The Morgan fingerprint density at radius 1 is 1.33 bits per heavy atom. The molecule has 2 rings (SSSR count). The quantitative estimate of drug-likeness (QED) is 0.647. The van der Waals surface area contributed by atoms with E-state index < -0.39 is 0 Å². The number of alkyl halides is 1. The first-order valence-corrected chi connectivity index (χ1v) is 5.72. The van der Waals surface area contributed by atoms with Crippen molar-refractivity contribution in [2.24, 2.45) is 5.41 Å². The molecule has 70 valence electrons. The summed E-state index contributed by atoms with van der Waals surface area (Å²) in [5.41, 5.74) is 0.469. The van der Waals surface area contributed by atoms with E-state index in [0.29, 0.717) is 11.5 Å². The third-order valence-corrected chi connectivity index (χ3v) is 3.73. The highest BCUT2D eigenvalue weighted by molar-refractivity contribution is 9.09. The Morgan fingerprint density at radius 3 is 2.67 bits per heavy atom. The van der Waals surface area contributed by atoms with Crippen LogP contribution in [0, 0.1) is 5.41 Å². The van der Waals surface area contributed by atoms with Crippen LogP contribution in [0.3, 0.4) is 0 Å². The van der Waals surface area contributed by atoms with Crippen LogP contribution in [0.5, 0.6) is 0 Å². The first-order valence-electron chi connectivity index (χ1n) is 4.60. The first kappa shape index (κ1) is 8.97. The van der Waals surface area contributed by atoms with Gasteiger partial charge in [0.05, 0.1) is 12.7 Å². The average molecular weight is 235 g/mol. The number of hydrogen-bond donors (Lipinski definition) is 0. The molecule has 2 heterocycles. The summed E-state index contributed by atoms with van der Waals surface area (Å²) in [4.78, 5) is 0. The zero-order valence-electron chi connectivity index (χ0n) is 7.22. The normalized spacial score (nSPS) is 34.2. The largest absolute Gasteiger partial charge is 0.381 e. The molecular weight excluding hydrogens is 220 g/mol. The summed E-state index contributed by atoms with van der Waals surface area (Å²) in [6, 6.07) is 0. The lowest BCUT2D eigenvalue weighted by molar-refractivity contribution is 0.00757. The maximum Gasteiger partial charge on any atom is 0.0678 e. The number of ether oxygens (including phenoxy) is 2. The highest BCUT2D eigenvalue weighted by Crippen LogP contribution is 2.41. The molecule has 0 aliphatic carbocycles. The van der Waals surface area contributed by atoms with Crippen molar-refractivity contribution < 1.29 is 9.47 Å². The lowest BCUT2D eigenvalue weighted by Crippen LogP contribution is -2.30. The van der Waals surface area contributed by atoms with Gasteiger partial charge in [0.2, 0.25) is 0 Å². The molecule has 12 heavy (non-hydrogen) atoms. The average Bonchev–Trinajstić information content (AvgIpc) is 2.50. The van der Waals surface area contributed by atoms with Crippen LogP contribution in [-0.4, -0.2) is 31.3 Å². The third kappa shape index (κ3) is 1.68. The van der Waals surface area contributed by atoms with Gasteiger partial charge in [-0.2, -0.15) is 0 Å². The predicted molar refractivity (Wildman–Crippen MR) is 50.6 cm³/mol. The van der Waals surface area contributed by atoms with Crippen LogP contribution in [0.4, 0.5) is 0 Å². The van der Waals surface area contributed by atoms with Crippen molar-refractivity contribution in [2.75, 3.05) is 25.2 Å². The molecule has 0 radical (unpaired) electrons. The topological polar surface area (TPSA) is 18.5 Å². The summed E-state index contributed by atoms with van der Waals surface area (Å²) >= 11 is 3.47. The van der Waals surface area contributed by atoms with E-state index in [1.807, 2.05) is 0 Å². The van der Waals surface area contributed by atoms with Crippen molar-refractivity contribution >= 4 is 15.9 Å². The molecule has 0 aromatic heterocycles. The van der Waals surface area contributed by atoms with Gasteiger partial charge in [0.15, 0.2) is 0 Å². The van der Waals surface area contributed by atoms with Gasteiger partial charge >= 0.3 is 0 Å². The molecule has 2 nitrogen and oxygen atoms in total. The molecule has 1 spiro atoms. The van der Waals surface area contributed by atoms with Gasteiger partial charge in [-0.3, -0.25) is 0 Å². The standard InChI is InChI=1S/C9H15BrO2/c10-6-8-5-9(7-12-8)1-3-11-4-2-9/h8H,1-7H2. The van der Waals surface area contributed by atoms with E-state index in [4.69, 9.17) is 9.47 Å². The van der Waals surface area contributed by atoms with Gasteiger partial charge in [0.1, 0.15) is 0 Å². The van der Waals surface area contributed by atoms with Crippen LogP contribution in [0.15, 0.2) is 0 Å². The summed E-state index contributed by atoms with van der Waals surface area (Å²) in [6.07, 6.45) is 4.05.